The molecule has 0 saturated carbocycles. The number of β-lactam (4-membered cyclic amide) rings is 1. The van der Waals surface area contributed by atoms with Crippen molar-refractivity contribution in [3.05, 3.63) is 11.8 Å². The Morgan fingerprint density at radius 2 is 2.31 bits per heavy atom. The van der Waals surface area contributed by atoms with Gasteiger partial charge in [0.05, 0.1) is 6.04 Å². The van der Waals surface area contributed by atoms with Crippen molar-refractivity contribution in [3.8, 4) is 0 Å². The van der Waals surface area contributed by atoms with E-state index in [0.717, 1.165) is 0 Å². The first-order chi connectivity index (χ1) is 5.61. The van der Waals surface area contributed by atoms with Crippen molar-refractivity contribution < 1.29 is 14.7 Å². The molecule has 2 heterocycles. The molecule has 2 rings (SSSR count). The molecule has 1 amide bonds. The number of amides is 1. The average molecular weight is 204 g/mol. The van der Waals surface area contributed by atoms with Crippen molar-refractivity contribution in [1.29, 1.82) is 0 Å². The number of nitrogens with zero attached hydrogens (tertiary/aromatic N) is 1. The maximum absolute atomic E-state index is 11.0. The molecule has 0 radical (unpaired) electrons. The van der Waals surface area contributed by atoms with E-state index in [4.69, 9.17) is 5.11 Å². The quantitative estimate of drug-likeness (QED) is 0.636. The highest BCUT2D eigenvalue weighted by Crippen LogP contribution is 2.37. The van der Waals surface area contributed by atoms with Gasteiger partial charge in [0.2, 0.25) is 5.91 Å². The first kappa shape index (κ1) is 10.1. The highest BCUT2D eigenvalue weighted by atomic mass is 35.5. The summed E-state index contributed by atoms with van der Waals surface area (Å²) in [4.78, 5) is 23.0. The van der Waals surface area contributed by atoms with Gasteiger partial charge in [0.1, 0.15) is 5.70 Å². The molecule has 0 aromatic rings. The Labute approximate surface area is 81.6 Å². The standard InChI is InChI=1S/C8H9NO3.ClH/c1-4-2-6(8(11)12)9-5(4)3-7(9)10;/h2,4-5H,3H2,1H3,(H,11,12);1H/t4?,5-;/m1./s1. The van der Waals surface area contributed by atoms with Crippen LogP contribution in [0.1, 0.15) is 13.3 Å². The molecule has 1 unspecified atom stereocenters. The second-order valence-electron chi connectivity index (χ2n) is 3.25. The predicted molar refractivity (Wildman–Crippen MR) is 47.4 cm³/mol. The van der Waals surface area contributed by atoms with Crippen LogP contribution >= 0.6 is 12.4 Å². The predicted octanol–water partition coefficient (Wildman–Crippen LogP) is 0.627. The fraction of sp³-hybridized carbons (Fsp3) is 0.500. The third-order valence-corrected chi connectivity index (χ3v) is 2.49. The fourth-order valence-corrected chi connectivity index (χ4v) is 1.79. The van der Waals surface area contributed by atoms with Gasteiger partial charge in [0, 0.05) is 6.42 Å². The lowest BCUT2D eigenvalue weighted by atomic mass is 9.94. The number of hydrogen-bond donors (Lipinski definition) is 1. The first-order valence-corrected chi connectivity index (χ1v) is 3.88. The zero-order valence-electron chi connectivity index (χ0n) is 7.06. The monoisotopic (exact) mass is 203 g/mol. The molecule has 2 aliphatic rings. The fourth-order valence-electron chi connectivity index (χ4n) is 1.79. The summed E-state index contributed by atoms with van der Waals surface area (Å²) in [6.07, 6.45) is 2.15. The zero-order valence-corrected chi connectivity index (χ0v) is 7.87. The van der Waals surface area contributed by atoms with Crippen molar-refractivity contribution in [1.82, 2.24) is 4.90 Å². The van der Waals surface area contributed by atoms with E-state index in [1.807, 2.05) is 6.92 Å². The van der Waals surface area contributed by atoms with Crippen molar-refractivity contribution >= 4 is 24.3 Å². The number of halogens is 1. The molecule has 0 aromatic heterocycles. The van der Waals surface area contributed by atoms with Crippen LogP contribution < -0.4 is 0 Å². The summed E-state index contributed by atoms with van der Waals surface area (Å²) in [5, 5.41) is 8.71. The molecule has 5 heteroatoms. The van der Waals surface area contributed by atoms with Gasteiger partial charge in [-0.2, -0.15) is 0 Å². The van der Waals surface area contributed by atoms with E-state index in [0.29, 0.717) is 6.42 Å². The van der Waals surface area contributed by atoms with Crippen LogP contribution in [0.5, 0.6) is 0 Å². The minimum Gasteiger partial charge on any atom is -0.477 e. The van der Waals surface area contributed by atoms with E-state index in [2.05, 4.69) is 0 Å². The summed E-state index contributed by atoms with van der Waals surface area (Å²) in [6, 6.07) is 0.114. The largest absolute Gasteiger partial charge is 0.477 e. The van der Waals surface area contributed by atoms with Gasteiger partial charge in [-0.1, -0.05) is 6.92 Å². The summed E-state index contributed by atoms with van der Waals surface area (Å²) in [6.45, 7) is 1.93. The van der Waals surface area contributed by atoms with Gasteiger partial charge in [0.15, 0.2) is 0 Å². The number of aliphatic carboxylic acids is 1. The van der Waals surface area contributed by atoms with Crippen LogP contribution in [0.2, 0.25) is 0 Å². The molecular weight excluding hydrogens is 194 g/mol. The Hall–Kier alpha value is -1.03. The highest BCUT2D eigenvalue weighted by Gasteiger charge is 2.47. The Morgan fingerprint density at radius 3 is 2.69 bits per heavy atom. The molecule has 0 spiro atoms. The molecule has 0 aromatic carbocycles. The molecular formula is C8H10ClNO3. The maximum Gasteiger partial charge on any atom is 0.352 e. The van der Waals surface area contributed by atoms with Crippen molar-refractivity contribution in [3.63, 3.8) is 0 Å². The number of carboxylic acids is 1. The smallest absolute Gasteiger partial charge is 0.352 e. The van der Waals surface area contributed by atoms with Crippen LogP contribution in [-0.2, 0) is 9.59 Å². The zero-order chi connectivity index (χ0) is 8.88. The van der Waals surface area contributed by atoms with E-state index in [9.17, 15) is 9.59 Å². The average Bonchev–Trinajstić information content (AvgIpc) is 2.22. The third-order valence-electron chi connectivity index (χ3n) is 2.49. The second-order valence-corrected chi connectivity index (χ2v) is 3.25. The summed E-state index contributed by atoms with van der Waals surface area (Å²) in [7, 11) is 0. The van der Waals surface area contributed by atoms with E-state index in [1.54, 1.807) is 6.08 Å². The molecule has 72 valence electrons. The number of rotatable bonds is 1. The van der Waals surface area contributed by atoms with Crippen LogP contribution in [0, 0.1) is 5.92 Å². The lowest BCUT2D eigenvalue weighted by molar-refractivity contribution is -0.148. The van der Waals surface area contributed by atoms with E-state index in [-0.39, 0.29) is 36.0 Å². The van der Waals surface area contributed by atoms with Crippen molar-refractivity contribution in [2.75, 3.05) is 0 Å². The van der Waals surface area contributed by atoms with E-state index in [1.165, 1.54) is 4.90 Å². The van der Waals surface area contributed by atoms with E-state index < -0.39 is 5.97 Å². The molecule has 2 atom stereocenters. The molecule has 2 aliphatic heterocycles. The summed E-state index contributed by atoms with van der Waals surface area (Å²) in [5.41, 5.74) is 0.156. The van der Waals surface area contributed by atoms with E-state index >= 15 is 0 Å². The number of carbonyl (C=O) groups is 2. The molecule has 13 heavy (non-hydrogen) atoms. The highest BCUT2D eigenvalue weighted by molar-refractivity contribution is 5.97. The Bertz CT molecular complexity index is 300. The summed E-state index contributed by atoms with van der Waals surface area (Å²) >= 11 is 0. The number of fused-ring (bicyclic) bond motifs is 1. The lowest BCUT2D eigenvalue weighted by Gasteiger charge is -2.37. The summed E-state index contributed by atoms with van der Waals surface area (Å²) in [5.74, 6) is -0.885. The third kappa shape index (κ3) is 1.21. The van der Waals surface area contributed by atoms with Gasteiger partial charge in [-0.15, -0.1) is 12.4 Å². The van der Waals surface area contributed by atoms with Crippen LogP contribution in [0.4, 0.5) is 0 Å². The Kier molecular flexibility index (Phi) is 2.34. The molecule has 1 saturated heterocycles. The number of carbonyl (C=O) groups excluding carboxylic acids is 1. The first-order valence-electron chi connectivity index (χ1n) is 3.88. The van der Waals surface area contributed by atoms with Crippen LogP contribution in [0.3, 0.4) is 0 Å². The molecule has 0 bridgehead atoms. The van der Waals surface area contributed by atoms with Crippen LogP contribution in [0.15, 0.2) is 11.8 Å². The maximum atomic E-state index is 11.0. The summed E-state index contributed by atoms with van der Waals surface area (Å²) < 4.78 is 0. The minimum absolute atomic E-state index is 0. The SMILES string of the molecule is CC1C=C(C(=O)O)N2C(=O)C[C@H]12.Cl. The van der Waals surface area contributed by atoms with Gasteiger partial charge in [0.25, 0.3) is 0 Å². The molecule has 1 N–H and O–H groups in total. The minimum atomic E-state index is -1.00. The van der Waals surface area contributed by atoms with Gasteiger partial charge < -0.3 is 10.0 Å². The van der Waals surface area contributed by atoms with Gasteiger partial charge in [-0.05, 0) is 12.0 Å². The van der Waals surface area contributed by atoms with Gasteiger partial charge in [-0.3, -0.25) is 4.79 Å². The second kappa shape index (κ2) is 3.03. The lowest BCUT2D eigenvalue weighted by Crippen LogP contribution is -2.51. The topological polar surface area (TPSA) is 57.6 Å². The van der Waals surface area contributed by atoms with Crippen LogP contribution in [-0.4, -0.2) is 27.9 Å². The van der Waals surface area contributed by atoms with Crippen LogP contribution in [0.25, 0.3) is 0 Å². The van der Waals surface area contributed by atoms with Gasteiger partial charge in [-0.25, -0.2) is 4.79 Å². The number of hydrogen-bond acceptors (Lipinski definition) is 2. The molecule has 1 fully saturated rings. The van der Waals surface area contributed by atoms with Crippen molar-refractivity contribution in [2.24, 2.45) is 5.92 Å². The molecule has 4 nitrogen and oxygen atoms in total. The number of carboxylic acid groups (broad SMARTS) is 1. The molecule has 0 aliphatic carbocycles. The normalized spacial score (nSPS) is 30.1. The Morgan fingerprint density at radius 1 is 1.69 bits per heavy atom. The van der Waals surface area contributed by atoms with Gasteiger partial charge >= 0.3 is 5.97 Å². The Balaban J connectivity index is 0.000000845. The van der Waals surface area contributed by atoms with Crippen molar-refractivity contribution in [2.45, 2.75) is 19.4 Å².